The third-order valence-corrected chi connectivity index (χ3v) is 2.90. The Bertz CT molecular complexity index is 497. The van der Waals surface area contributed by atoms with Crippen LogP contribution in [0, 0.1) is 23.0 Å². The number of anilines is 1. The number of hydrogen-bond acceptors (Lipinski definition) is 5. The second kappa shape index (κ2) is 4.59. The number of aromatic nitrogens is 1. The fraction of sp³-hybridized carbons (Fsp3) is 0.455. The van der Waals surface area contributed by atoms with E-state index in [2.05, 4.69) is 4.98 Å². The van der Waals surface area contributed by atoms with Gasteiger partial charge in [-0.3, -0.25) is 14.9 Å². The first-order valence-electron chi connectivity index (χ1n) is 5.55. The number of pyridine rings is 1. The van der Waals surface area contributed by atoms with Gasteiger partial charge in [-0.2, -0.15) is 0 Å². The average molecular weight is 251 g/mol. The summed E-state index contributed by atoms with van der Waals surface area (Å²) in [5.41, 5.74) is 0.705. The molecule has 96 valence electrons. The highest BCUT2D eigenvalue weighted by atomic mass is 16.6. The minimum Gasteiger partial charge on any atom is -0.481 e. The zero-order chi connectivity index (χ0) is 13.3. The lowest BCUT2D eigenvalue weighted by Gasteiger charge is -2.39. The van der Waals surface area contributed by atoms with E-state index in [1.807, 2.05) is 0 Å². The molecule has 18 heavy (non-hydrogen) atoms. The van der Waals surface area contributed by atoms with E-state index in [1.54, 1.807) is 18.0 Å². The van der Waals surface area contributed by atoms with Crippen molar-refractivity contribution in [3.05, 3.63) is 27.9 Å². The van der Waals surface area contributed by atoms with Crippen LogP contribution in [0.5, 0.6) is 0 Å². The number of aliphatic carboxylic acids is 1. The van der Waals surface area contributed by atoms with Crippen molar-refractivity contribution >= 4 is 17.5 Å². The van der Waals surface area contributed by atoms with Gasteiger partial charge in [0.1, 0.15) is 0 Å². The van der Waals surface area contributed by atoms with E-state index in [-0.39, 0.29) is 18.0 Å². The largest absolute Gasteiger partial charge is 0.481 e. The van der Waals surface area contributed by atoms with Crippen molar-refractivity contribution in [2.24, 2.45) is 5.92 Å². The first kappa shape index (κ1) is 12.3. The highest BCUT2D eigenvalue weighted by Crippen LogP contribution is 2.32. The quantitative estimate of drug-likeness (QED) is 0.638. The van der Waals surface area contributed by atoms with Crippen molar-refractivity contribution in [2.75, 3.05) is 18.0 Å². The highest BCUT2D eigenvalue weighted by Gasteiger charge is 2.33. The molecule has 0 bridgehead atoms. The van der Waals surface area contributed by atoms with E-state index in [0.717, 1.165) is 5.56 Å². The normalized spacial score (nSPS) is 15.3. The van der Waals surface area contributed by atoms with Crippen LogP contribution in [0.3, 0.4) is 0 Å². The molecule has 0 amide bonds. The van der Waals surface area contributed by atoms with Gasteiger partial charge in [-0.1, -0.05) is 0 Å². The monoisotopic (exact) mass is 251 g/mol. The maximum Gasteiger partial charge on any atom is 0.311 e. The second-order valence-corrected chi connectivity index (χ2v) is 4.48. The summed E-state index contributed by atoms with van der Waals surface area (Å²) in [7, 11) is 0. The van der Waals surface area contributed by atoms with Crippen LogP contribution < -0.4 is 4.90 Å². The van der Waals surface area contributed by atoms with E-state index >= 15 is 0 Å². The van der Waals surface area contributed by atoms with Crippen molar-refractivity contribution < 1.29 is 14.8 Å². The van der Waals surface area contributed by atoms with Gasteiger partial charge in [0.15, 0.2) is 0 Å². The molecule has 1 aliphatic heterocycles. The van der Waals surface area contributed by atoms with Gasteiger partial charge in [0.05, 0.1) is 11.3 Å². The summed E-state index contributed by atoms with van der Waals surface area (Å²) in [6, 6.07) is 1.48. The topological polar surface area (TPSA) is 96.6 Å². The number of aryl methyl sites for hydroxylation is 1. The molecule has 2 rings (SSSR count). The van der Waals surface area contributed by atoms with Crippen LogP contribution in [0.25, 0.3) is 0 Å². The number of carbonyl (C=O) groups is 1. The fourth-order valence-corrected chi connectivity index (χ4v) is 2.04. The Morgan fingerprint density at radius 3 is 2.89 bits per heavy atom. The first-order valence-corrected chi connectivity index (χ1v) is 5.55. The lowest BCUT2D eigenvalue weighted by atomic mass is 9.96. The van der Waals surface area contributed by atoms with Crippen LogP contribution in [-0.2, 0) is 4.79 Å². The summed E-state index contributed by atoms with van der Waals surface area (Å²) in [6.45, 7) is 2.75. The highest BCUT2D eigenvalue weighted by molar-refractivity contribution is 5.68. The summed E-state index contributed by atoms with van der Waals surface area (Å²) < 4.78 is 0. The van der Waals surface area contributed by atoms with Crippen LogP contribution in [0.2, 0.25) is 0 Å². The third kappa shape index (κ3) is 2.39. The fourth-order valence-electron chi connectivity index (χ4n) is 2.04. The van der Waals surface area contributed by atoms with Gasteiger partial charge in [0.2, 0.25) is 5.82 Å². The van der Waals surface area contributed by atoms with Crippen LogP contribution >= 0.6 is 0 Å². The molecule has 1 saturated heterocycles. The molecule has 0 atom stereocenters. The van der Waals surface area contributed by atoms with E-state index in [0.29, 0.717) is 18.9 Å². The Morgan fingerprint density at radius 1 is 1.67 bits per heavy atom. The maximum atomic E-state index is 10.9. The molecule has 0 aromatic carbocycles. The lowest BCUT2D eigenvalue weighted by molar-refractivity contribution is -0.384. The van der Waals surface area contributed by atoms with Crippen molar-refractivity contribution in [2.45, 2.75) is 13.3 Å². The standard InChI is InChI=1S/C11H13N3O4/c1-7-2-9(14(17)18)11(12-4-7)13-5-8(6-13)3-10(15)16/h2,4,8H,3,5-6H2,1H3,(H,15,16). The molecule has 0 radical (unpaired) electrons. The summed E-state index contributed by atoms with van der Waals surface area (Å²) >= 11 is 0. The molecule has 1 fully saturated rings. The Morgan fingerprint density at radius 2 is 2.33 bits per heavy atom. The molecule has 7 heteroatoms. The van der Waals surface area contributed by atoms with E-state index in [9.17, 15) is 14.9 Å². The molecule has 0 unspecified atom stereocenters. The average Bonchev–Trinajstić information content (AvgIpc) is 2.23. The molecule has 2 heterocycles. The smallest absolute Gasteiger partial charge is 0.311 e. The van der Waals surface area contributed by atoms with Crippen LogP contribution in [0.1, 0.15) is 12.0 Å². The molecule has 1 aliphatic rings. The van der Waals surface area contributed by atoms with E-state index < -0.39 is 10.9 Å². The van der Waals surface area contributed by atoms with Gasteiger partial charge < -0.3 is 10.0 Å². The Balaban J connectivity index is 2.11. The molecule has 1 aromatic rings. The summed E-state index contributed by atoms with van der Waals surface area (Å²) in [5.74, 6) is -0.469. The van der Waals surface area contributed by atoms with E-state index in [4.69, 9.17) is 5.11 Å². The molecule has 0 spiro atoms. The van der Waals surface area contributed by atoms with Gasteiger partial charge in [-0.15, -0.1) is 0 Å². The minimum absolute atomic E-state index is 0.0243. The number of carboxylic acid groups (broad SMARTS) is 1. The van der Waals surface area contributed by atoms with Gasteiger partial charge in [-0.25, -0.2) is 4.98 Å². The maximum absolute atomic E-state index is 10.9. The van der Waals surface area contributed by atoms with Crippen molar-refractivity contribution in [1.82, 2.24) is 4.98 Å². The first-order chi connectivity index (χ1) is 8.47. The SMILES string of the molecule is Cc1cnc(N2CC(CC(=O)O)C2)c([N+](=O)[O-])c1. The van der Waals surface area contributed by atoms with Crippen LogP contribution in [0.4, 0.5) is 11.5 Å². The lowest BCUT2D eigenvalue weighted by Crippen LogP contribution is -2.48. The number of nitrogens with zero attached hydrogens (tertiary/aromatic N) is 3. The Hall–Kier alpha value is -2.18. The molecular formula is C11H13N3O4. The van der Waals surface area contributed by atoms with Gasteiger partial charge >= 0.3 is 11.7 Å². The van der Waals surface area contributed by atoms with Gasteiger partial charge in [-0.05, 0) is 12.5 Å². The predicted octanol–water partition coefficient (Wildman–Crippen LogP) is 1.21. The van der Waals surface area contributed by atoms with Crippen LogP contribution in [0.15, 0.2) is 12.3 Å². The van der Waals surface area contributed by atoms with Crippen LogP contribution in [-0.4, -0.2) is 34.1 Å². The predicted molar refractivity (Wildman–Crippen MR) is 63.6 cm³/mol. The minimum atomic E-state index is -0.842. The molecule has 1 aromatic heterocycles. The zero-order valence-electron chi connectivity index (χ0n) is 9.87. The Labute approximate surface area is 103 Å². The summed E-state index contributed by atoms with van der Waals surface area (Å²) in [5, 5.41) is 19.6. The van der Waals surface area contributed by atoms with Gasteiger partial charge in [0, 0.05) is 31.3 Å². The van der Waals surface area contributed by atoms with Crippen molar-refractivity contribution in [1.29, 1.82) is 0 Å². The number of carboxylic acids is 1. The second-order valence-electron chi connectivity index (χ2n) is 4.48. The molecule has 0 aliphatic carbocycles. The number of rotatable bonds is 4. The third-order valence-electron chi connectivity index (χ3n) is 2.90. The zero-order valence-corrected chi connectivity index (χ0v) is 9.87. The number of hydrogen-bond donors (Lipinski definition) is 1. The molecule has 7 nitrogen and oxygen atoms in total. The van der Waals surface area contributed by atoms with Crippen molar-refractivity contribution in [3.8, 4) is 0 Å². The molecular weight excluding hydrogens is 238 g/mol. The molecule has 0 saturated carbocycles. The van der Waals surface area contributed by atoms with E-state index in [1.165, 1.54) is 6.07 Å². The summed E-state index contributed by atoms with van der Waals surface area (Å²) in [4.78, 5) is 26.8. The molecule has 1 N–H and O–H groups in total. The summed E-state index contributed by atoms with van der Waals surface area (Å²) in [6.07, 6.45) is 1.67. The van der Waals surface area contributed by atoms with Gasteiger partial charge in [0.25, 0.3) is 0 Å². The number of nitro groups is 1. The Kier molecular flexibility index (Phi) is 3.14. The van der Waals surface area contributed by atoms with Crippen molar-refractivity contribution in [3.63, 3.8) is 0 Å².